The molecule has 0 unspecified atom stereocenters. The van der Waals surface area contributed by atoms with E-state index in [9.17, 15) is 9.59 Å². The molecule has 1 aromatic carbocycles. The fourth-order valence-electron chi connectivity index (χ4n) is 0.569. The quantitative estimate of drug-likeness (QED) is 0.532. The smallest absolute Gasteiger partial charge is 0.302 e. The summed E-state index contributed by atoms with van der Waals surface area (Å²) >= 11 is 5.16. The number of hydrogen-bond donors (Lipinski definition) is 0. The van der Waals surface area contributed by atoms with Gasteiger partial charge in [-0.3, -0.25) is 9.59 Å². The molecule has 14 heavy (non-hydrogen) atoms. The van der Waals surface area contributed by atoms with Gasteiger partial charge < -0.3 is 4.74 Å². The Balaban J connectivity index is 0.000000292. The van der Waals surface area contributed by atoms with Gasteiger partial charge in [0.1, 0.15) is 0 Å². The van der Waals surface area contributed by atoms with E-state index >= 15 is 0 Å². The summed E-state index contributed by atoms with van der Waals surface area (Å²) in [7, 11) is 1.35. The van der Waals surface area contributed by atoms with Crippen molar-refractivity contribution >= 4 is 22.8 Å². The summed E-state index contributed by atoms with van der Waals surface area (Å²) in [5.41, 5.74) is 0.541. The van der Waals surface area contributed by atoms with Crippen LogP contribution in [0.5, 0.6) is 0 Å². The van der Waals surface area contributed by atoms with Crippen molar-refractivity contribution in [3.8, 4) is 0 Å². The Kier molecular flexibility index (Phi) is 6.41. The van der Waals surface area contributed by atoms with Crippen LogP contribution in [0.4, 0.5) is 0 Å². The van der Waals surface area contributed by atoms with Crippen molar-refractivity contribution in [3.63, 3.8) is 0 Å². The zero-order valence-electron chi connectivity index (χ0n) is 7.99. The van der Waals surface area contributed by atoms with Crippen LogP contribution < -0.4 is 0 Å². The van der Waals surface area contributed by atoms with Crippen molar-refractivity contribution in [2.24, 2.45) is 0 Å². The summed E-state index contributed by atoms with van der Waals surface area (Å²) in [4.78, 5) is 20.0. The average Bonchev–Trinajstić information content (AvgIpc) is 2.20. The molecule has 0 saturated carbocycles. The lowest BCUT2D eigenvalue weighted by Gasteiger charge is -1.87. The second-order valence-corrected chi connectivity index (χ2v) is 2.68. The monoisotopic (exact) mass is 214 g/mol. The number of carbonyl (C=O) groups excluding carboxylic acids is 2. The Bertz CT molecular complexity index is 295. The number of rotatable bonds is 1. The maximum atomic E-state index is 10.4. The van der Waals surface area contributed by atoms with Crippen molar-refractivity contribution in [2.75, 3.05) is 7.11 Å². The van der Waals surface area contributed by atoms with Crippen LogP contribution in [0.15, 0.2) is 30.3 Å². The van der Waals surface area contributed by atoms with E-state index in [1.807, 2.05) is 6.07 Å². The van der Waals surface area contributed by atoms with Gasteiger partial charge in [-0.2, -0.15) is 0 Å². The Morgan fingerprint density at radius 1 is 1.21 bits per heavy atom. The minimum Gasteiger partial charge on any atom is -0.469 e. The van der Waals surface area contributed by atoms with Crippen LogP contribution in [0.2, 0.25) is 0 Å². The van der Waals surface area contributed by atoms with Crippen LogP contribution >= 0.6 is 11.6 Å². The van der Waals surface area contributed by atoms with Crippen molar-refractivity contribution < 1.29 is 14.3 Å². The van der Waals surface area contributed by atoms with Gasteiger partial charge in [0, 0.05) is 12.5 Å². The highest BCUT2D eigenvalue weighted by atomic mass is 35.5. The minimum absolute atomic E-state index is 0.245. The number of halogens is 1. The molecule has 0 atom stereocenters. The number of carbonyl (C=O) groups is 2. The zero-order chi connectivity index (χ0) is 11.0. The molecule has 0 bridgehead atoms. The molecule has 1 rings (SSSR count). The van der Waals surface area contributed by atoms with Crippen LogP contribution in [0, 0.1) is 0 Å². The third kappa shape index (κ3) is 6.20. The third-order valence-electron chi connectivity index (χ3n) is 1.29. The first-order valence-corrected chi connectivity index (χ1v) is 4.25. The summed E-state index contributed by atoms with van der Waals surface area (Å²) in [6, 6.07) is 8.74. The van der Waals surface area contributed by atoms with Gasteiger partial charge in [-0.1, -0.05) is 30.3 Å². The molecule has 3 nitrogen and oxygen atoms in total. The first-order chi connectivity index (χ1) is 6.57. The van der Waals surface area contributed by atoms with Gasteiger partial charge in [-0.25, -0.2) is 0 Å². The van der Waals surface area contributed by atoms with E-state index in [1.54, 1.807) is 24.3 Å². The van der Waals surface area contributed by atoms with Gasteiger partial charge in [0.05, 0.1) is 7.11 Å². The van der Waals surface area contributed by atoms with Gasteiger partial charge in [-0.15, -0.1) is 0 Å². The van der Waals surface area contributed by atoms with Gasteiger partial charge in [0.25, 0.3) is 5.24 Å². The summed E-state index contributed by atoms with van der Waals surface area (Å²) in [6.07, 6.45) is 0. The fourth-order valence-corrected chi connectivity index (χ4v) is 0.695. The van der Waals surface area contributed by atoms with Crippen molar-refractivity contribution in [2.45, 2.75) is 6.92 Å². The first-order valence-electron chi connectivity index (χ1n) is 3.87. The standard InChI is InChI=1S/C7H5ClO.C3H6O2/c8-7(9)6-4-2-1-3-5-6;1-3(4)5-2/h1-5H;1-2H3. The molecule has 4 heteroatoms. The molecular weight excluding hydrogens is 204 g/mol. The molecule has 0 aliphatic carbocycles. The summed E-state index contributed by atoms with van der Waals surface area (Å²) in [5, 5.41) is -0.407. The lowest BCUT2D eigenvalue weighted by Crippen LogP contribution is -1.88. The van der Waals surface area contributed by atoms with Crippen LogP contribution in [-0.4, -0.2) is 18.3 Å². The molecule has 0 radical (unpaired) electrons. The molecule has 0 amide bonds. The topological polar surface area (TPSA) is 43.4 Å². The molecule has 0 fully saturated rings. The predicted molar refractivity (Wildman–Crippen MR) is 54.3 cm³/mol. The van der Waals surface area contributed by atoms with E-state index < -0.39 is 5.24 Å². The van der Waals surface area contributed by atoms with E-state index in [-0.39, 0.29) is 5.97 Å². The fraction of sp³-hybridized carbons (Fsp3) is 0.200. The summed E-state index contributed by atoms with van der Waals surface area (Å²) in [6.45, 7) is 1.36. The number of methoxy groups -OCH3 is 1. The lowest BCUT2D eigenvalue weighted by atomic mass is 10.2. The van der Waals surface area contributed by atoms with Crippen LogP contribution in [0.1, 0.15) is 17.3 Å². The van der Waals surface area contributed by atoms with E-state index in [1.165, 1.54) is 14.0 Å². The van der Waals surface area contributed by atoms with E-state index in [2.05, 4.69) is 4.74 Å². The van der Waals surface area contributed by atoms with Gasteiger partial charge in [0.2, 0.25) is 0 Å². The van der Waals surface area contributed by atoms with Crippen LogP contribution in [-0.2, 0) is 9.53 Å². The predicted octanol–water partition coefficient (Wildman–Crippen LogP) is 2.24. The van der Waals surface area contributed by atoms with E-state index in [4.69, 9.17) is 11.6 Å². The Morgan fingerprint density at radius 2 is 1.64 bits per heavy atom. The highest BCUT2D eigenvalue weighted by molar-refractivity contribution is 6.67. The Morgan fingerprint density at radius 3 is 1.86 bits per heavy atom. The largest absolute Gasteiger partial charge is 0.469 e. The average molecular weight is 215 g/mol. The van der Waals surface area contributed by atoms with Crippen LogP contribution in [0.25, 0.3) is 0 Å². The molecule has 0 N–H and O–H groups in total. The molecule has 0 spiro atoms. The minimum atomic E-state index is -0.407. The molecule has 0 aromatic heterocycles. The van der Waals surface area contributed by atoms with Crippen molar-refractivity contribution in [1.29, 1.82) is 0 Å². The van der Waals surface area contributed by atoms with Crippen LogP contribution in [0.3, 0.4) is 0 Å². The number of ether oxygens (including phenoxy) is 1. The Labute approximate surface area is 87.6 Å². The normalized spacial score (nSPS) is 8.21. The summed E-state index contributed by atoms with van der Waals surface area (Å²) in [5.74, 6) is -0.245. The Hall–Kier alpha value is -1.35. The first kappa shape index (κ1) is 12.7. The van der Waals surface area contributed by atoms with Gasteiger partial charge in [0.15, 0.2) is 0 Å². The maximum absolute atomic E-state index is 10.4. The molecule has 0 saturated heterocycles. The molecule has 76 valence electrons. The summed E-state index contributed by atoms with van der Waals surface area (Å²) < 4.78 is 4.11. The molecule has 0 aliphatic heterocycles. The second kappa shape index (κ2) is 7.09. The molecule has 0 aliphatic rings. The third-order valence-corrected chi connectivity index (χ3v) is 1.51. The van der Waals surface area contributed by atoms with Gasteiger partial charge in [-0.05, 0) is 11.6 Å². The number of esters is 1. The van der Waals surface area contributed by atoms with Crippen molar-refractivity contribution in [3.05, 3.63) is 35.9 Å². The number of hydrogen-bond acceptors (Lipinski definition) is 3. The highest BCUT2D eigenvalue weighted by Gasteiger charge is 1.95. The van der Waals surface area contributed by atoms with E-state index in [0.717, 1.165) is 0 Å². The second-order valence-electron chi connectivity index (χ2n) is 2.34. The maximum Gasteiger partial charge on any atom is 0.302 e. The molecule has 0 heterocycles. The van der Waals surface area contributed by atoms with E-state index in [0.29, 0.717) is 5.56 Å². The van der Waals surface area contributed by atoms with Gasteiger partial charge >= 0.3 is 5.97 Å². The zero-order valence-corrected chi connectivity index (χ0v) is 8.75. The number of benzene rings is 1. The molecule has 1 aromatic rings. The molecular formula is C10H11ClO3. The lowest BCUT2D eigenvalue weighted by molar-refractivity contribution is -0.137. The van der Waals surface area contributed by atoms with Crippen molar-refractivity contribution in [1.82, 2.24) is 0 Å². The SMILES string of the molecule is COC(C)=O.O=C(Cl)c1ccccc1. The highest BCUT2D eigenvalue weighted by Crippen LogP contribution is 2.01.